The first-order valence-electron chi connectivity index (χ1n) is 5.63. The molecule has 0 heterocycles. The third kappa shape index (κ3) is 2.95. The monoisotopic (exact) mass is 229 g/mol. The second-order valence-corrected chi connectivity index (χ2v) is 4.49. The van der Waals surface area contributed by atoms with Gasteiger partial charge in [0.15, 0.2) is 0 Å². The van der Waals surface area contributed by atoms with E-state index in [4.69, 9.17) is 10.2 Å². The number of amides is 1. The normalized spacial score (nSPS) is 23.2. The van der Waals surface area contributed by atoms with Crippen LogP contribution >= 0.6 is 0 Å². The summed E-state index contributed by atoms with van der Waals surface area (Å²) in [6.45, 7) is 4.33. The van der Waals surface area contributed by atoms with Crippen LogP contribution in [0.25, 0.3) is 0 Å². The number of carbonyl (C=O) groups is 2. The predicted octanol–water partition coefficient (Wildman–Crippen LogP) is 0.326. The van der Waals surface area contributed by atoms with E-state index in [9.17, 15) is 9.59 Å². The Balaban J connectivity index is 2.52. The quantitative estimate of drug-likeness (QED) is 0.688. The number of aliphatic hydroxyl groups excluding tert-OH is 1. The standard InChI is InChI=1S/C11H19NO4/c1-7(2)12(4-3-5-13)10(14)8-6-9(8)11(15)16/h7-9,13H,3-6H2,1-2H3,(H,15,16)/t8-,9+/m1/s1. The van der Waals surface area contributed by atoms with E-state index in [2.05, 4.69) is 0 Å². The maximum Gasteiger partial charge on any atom is 0.307 e. The minimum absolute atomic E-state index is 0.0452. The predicted molar refractivity (Wildman–Crippen MR) is 57.8 cm³/mol. The van der Waals surface area contributed by atoms with Crippen molar-refractivity contribution in [1.29, 1.82) is 0 Å². The largest absolute Gasteiger partial charge is 0.481 e. The first-order chi connectivity index (χ1) is 7.49. The van der Waals surface area contributed by atoms with E-state index in [0.717, 1.165) is 0 Å². The van der Waals surface area contributed by atoms with E-state index >= 15 is 0 Å². The maximum absolute atomic E-state index is 11.9. The summed E-state index contributed by atoms with van der Waals surface area (Å²) in [7, 11) is 0. The number of hydrogen-bond donors (Lipinski definition) is 2. The summed E-state index contributed by atoms with van der Waals surface area (Å²) in [4.78, 5) is 24.3. The van der Waals surface area contributed by atoms with Gasteiger partial charge in [-0.25, -0.2) is 0 Å². The lowest BCUT2D eigenvalue weighted by Crippen LogP contribution is -2.39. The number of carboxylic acids is 1. The molecule has 1 rings (SSSR count). The van der Waals surface area contributed by atoms with Gasteiger partial charge >= 0.3 is 5.97 Å². The van der Waals surface area contributed by atoms with Crippen LogP contribution in [-0.2, 0) is 9.59 Å². The lowest BCUT2D eigenvalue weighted by atomic mass is 10.2. The molecule has 5 nitrogen and oxygen atoms in total. The van der Waals surface area contributed by atoms with Crippen molar-refractivity contribution in [3.05, 3.63) is 0 Å². The Morgan fingerprint density at radius 3 is 2.38 bits per heavy atom. The molecule has 92 valence electrons. The van der Waals surface area contributed by atoms with Crippen molar-refractivity contribution in [3.8, 4) is 0 Å². The van der Waals surface area contributed by atoms with Gasteiger partial charge in [-0.05, 0) is 26.7 Å². The molecule has 1 aliphatic carbocycles. The summed E-state index contributed by atoms with van der Waals surface area (Å²) in [5, 5.41) is 17.5. The molecule has 1 fully saturated rings. The van der Waals surface area contributed by atoms with E-state index in [0.29, 0.717) is 19.4 Å². The molecular formula is C11H19NO4. The van der Waals surface area contributed by atoms with E-state index in [1.54, 1.807) is 4.90 Å². The molecule has 1 aliphatic rings. The minimum Gasteiger partial charge on any atom is -0.481 e. The Morgan fingerprint density at radius 1 is 1.38 bits per heavy atom. The molecule has 0 aromatic rings. The summed E-state index contributed by atoms with van der Waals surface area (Å²) in [6, 6.07) is 0.0501. The Labute approximate surface area is 95.1 Å². The van der Waals surface area contributed by atoms with Crippen molar-refractivity contribution < 1.29 is 19.8 Å². The van der Waals surface area contributed by atoms with Gasteiger partial charge in [0, 0.05) is 19.2 Å². The molecule has 2 N–H and O–H groups in total. The second kappa shape index (κ2) is 5.30. The van der Waals surface area contributed by atoms with Gasteiger partial charge in [-0.2, -0.15) is 0 Å². The molecule has 0 aromatic carbocycles. The molecule has 16 heavy (non-hydrogen) atoms. The smallest absolute Gasteiger partial charge is 0.307 e. The summed E-state index contributed by atoms with van der Waals surface area (Å²) < 4.78 is 0. The lowest BCUT2D eigenvalue weighted by Gasteiger charge is -2.26. The van der Waals surface area contributed by atoms with Crippen LogP contribution in [0.2, 0.25) is 0 Å². The van der Waals surface area contributed by atoms with Gasteiger partial charge < -0.3 is 15.1 Å². The summed E-state index contributed by atoms with van der Waals surface area (Å²) >= 11 is 0. The van der Waals surface area contributed by atoms with Crippen LogP contribution in [0, 0.1) is 11.8 Å². The maximum atomic E-state index is 11.9. The van der Waals surface area contributed by atoms with Gasteiger partial charge in [-0.3, -0.25) is 9.59 Å². The number of aliphatic hydroxyl groups is 1. The SMILES string of the molecule is CC(C)N(CCCO)C(=O)[C@@H]1C[C@@H]1C(=O)O. The average Bonchev–Trinajstić information content (AvgIpc) is 2.96. The molecule has 0 bridgehead atoms. The zero-order chi connectivity index (χ0) is 12.3. The fourth-order valence-electron chi connectivity index (χ4n) is 1.82. The first kappa shape index (κ1) is 13.0. The first-order valence-corrected chi connectivity index (χ1v) is 5.63. The molecule has 1 saturated carbocycles. The van der Waals surface area contributed by atoms with E-state index in [1.807, 2.05) is 13.8 Å². The zero-order valence-electron chi connectivity index (χ0n) is 9.72. The highest BCUT2D eigenvalue weighted by Crippen LogP contribution is 2.40. The number of hydrogen-bond acceptors (Lipinski definition) is 3. The number of carboxylic acid groups (broad SMARTS) is 1. The summed E-state index contributed by atoms with van der Waals surface area (Å²) in [5.41, 5.74) is 0. The topological polar surface area (TPSA) is 77.8 Å². The van der Waals surface area contributed by atoms with Crippen LogP contribution in [0.3, 0.4) is 0 Å². The molecule has 0 spiro atoms. The molecule has 0 radical (unpaired) electrons. The minimum atomic E-state index is -0.885. The molecule has 0 unspecified atom stereocenters. The van der Waals surface area contributed by atoms with E-state index < -0.39 is 11.9 Å². The van der Waals surface area contributed by atoms with Crippen molar-refractivity contribution in [3.63, 3.8) is 0 Å². The molecule has 0 saturated heterocycles. The highest BCUT2D eigenvalue weighted by Gasteiger charge is 2.49. The molecule has 1 amide bonds. The third-order valence-electron chi connectivity index (χ3n) is 2.89. The van der Waals surface area contributed by atoms with Crippen LogP contribution < -0.4 is 0 Å². The number of rotatable bonds is 6. The Morgan fingerprint density at radius 2 is 2.00 bits per heavy atom. The molecule has 0 aromatic heterocycles. The van der Waals surface area contributed by atoms with Gasteiger partial charge in [0.05, 0.1) is 11.8 Å². The van der Waals surface area contributed by atoms with Gasteiger partial charge in [-0.15, -0.1) is 0 Å². The average molecular weight is 229 g/mol. The molecular weight excluding hydrogens is 210 g/mol. The number of nitrogens with zero attached hydrogens (tertiary/aromatic N) is 1. The second-order valence-electron chi connectivity index (χ2n) is 4.49. The summed E-state index contributed by atoms with van der Waals surface area (Å²) in [5.74, 6) is -1.82. The van der Waals surface area contributed by atoms with Crippen LogP contribution in [-0.4, -0.2) is 46.2 Å². The van der Waals surface area contributed by atoms with Gasteiger partial charge in [0.1, 0.15) is 0 Å². The summed E-state index contributed by atoms with van der Waals surface area (Å²) in [6.07, 6.45) is 0.991. The lowest BCUT2D eigenvalue weighted by molar-refractivity contribution is -0.142. The van der Waals surface area contributed by atoms with Crippen LogP contribution in [0.15, 0.2) is 0 Å². The van der Waals surface area contributed by atoms with Crippen molar-refractivity contribution in [1.82, 2.24) is 4.90 Å². The molecule has 0 aliphatic heterocycles. The number of carbonyl (C=O) groups excluding carboxylic acids is 1. The van der Waals surface area contributed by atoms with Gasteiger partial charge in [-0.1, -0.05) is 0 Å². The highest BCUT2D eigenvalue weighted by atomic mass is 16.4. The van der Waals surface area contributed by atoms with Crippen LogP contribution in [0.5, 0.6) is 0 Å². The Kier molecular flexibility index (Phi) is 4.29. The van der Waals surface area contributed by atoms with Gasteiger partial charge in [0.2, 0.25) is 5.91 Å². The Bertz CT molecular complexity index is 277. The van der Waals surface area contributed by atoms with Crippen molar-refractivity contribution in [2.45, 2.75) is 32.7 Å². The fourth-order valence-corrected chi connectivity index (χ4v) is 1.82. The van der Waals surface area contributed by atoms with Gasteiger partial charge in [0.25, 0.3) is 0 Å². The van der Waals surface area contributed by atoms with Crippen molar-refractivity contribution in [2.75, 3.05) is 13.2 Å². The van der Waals surface area contributed by atoms with Crippen LogP contribution in [0.1, 0.15) is 26.7 Å². The van der Waals surface area contributed by atoms with Crippen molar-refractivity contribution >= 4 is 11.9 Å². The zero-order valence-corrected chi connectivity index (χ0v) is 9.72. The Hall–Kier alpha value is -1.10. The van der Waals surface area contributed by atoms with E-state index in [1.165, 1.54) is 0 Å². The van der Waals surface area contributed by atoms with E-state index in [-0.39, 0.29) is 24.5 Å². The molecule has 5 heteroatoms. The molecule has 2 atom stereocenters. The van der Waals surface area contributed by atoms with Crippen molar-refractivity contribution in [2.24, 2.45) is 11.8 Å². The number of aliphatic carboxylic acids is 1. The van der Waals surface area contributed by atoms with Crippen LogP contribution in [0.4, 0.5) is 0 Å². The third-order valence-corrected chi connectivity index (χ3v) is 2.89. The fraction of sp³-hybridized carbons (Fsp3) is 0.818. The highest BCUT2D eigenvalue weighted by molar-refractivity contribution is 5.89.